The molecule has 0 radical (unpaired) electrons. The molecule has 3 aromatic heterocycles. The number of aromatic nitrogens is 3. The molecule has 1 N–H and O–H groups in total. The summed E-state index contributed by atoms with van der Waals surface area (Å²) in [6.45, 7) is 11.7. The lowest BCUT2D eigenvalue weighted by Gasteiger charge is -2.20. The quantitative estimate of drug-likeness (QED) is 0.122. The number of hydrogen-bond acceptors (Lipinski definition) is 7. The van der Waals surface area contributed by atoms with Crippen molar-refractivity contribution in [1.82, 2.24) is 23.9 Å². The monoisotopic (exact) mass is 698 g/mol. The number of ether oxygens (including phenoxy) is 2. The van der Waals surface area contributed by atoms with Gasteiger partial charge < -0.3 is 33.7 Å². The van der Waals surface area contributed by atoms with Gasteiger partial charge in [-0.2, -0.15) is 0 Å². The number of nitrogens with one attached hydrogen (secondary N) is 1. The Morgan fingerprint density at radius 1 is 1.12 bits per heavy atom. The van der Waals surface area contributed by atoms with Gasteiger partial charge in [0.05, 0.1) is 24.0 Å². The van der Waals surface area contributed by atoms with Crippen molar-refractivity contribution in [3.8, 4) is 0 Å². The normalized spacial score (nSPS) is 12.5. The summed E-state index contributed by atoms with van der Waals surface area (Å²) in [5, 5.41) is 3.02. The van der Waals surface area contributed by atoms with Crippen LogP contribution < -0.4 is 10.9 Å². The van der Waals surface area contributed by atoms with Gasteiger partial charge in [-0.1, -0.05) is 39.6 Å². The average Bonchev–Trinajstić information content (AvgIpc) is 3.38. The summed E-state index contributed by atoms with van der Waals surface area (Å²) < 4.78 is 30.0. The van der Waals surface area contributed by atoms with Gasteiger partial charge in [0.1, 0.15) is 12.4 Å². The van der Waals surface area contributed by atoms with Crippen LogP contribution in [0.2, 0.25) is 25.7 Å². The number of hydrogen-bond donors (Lipinski definition) is 1. The highest BCUT2D eigenvalue weighted by Crippen LogP contribution is 2.27. The zero-order valence-electron chi connectivity index (χ0n) is 30.2. The number of amides is 3. The van der Waals surface area contributed by atoms with Crippen LogP contribution in [0.15, 0.2) is 47.5 Å². The second kappa shape index (κ2) is 17.4. The number of likely N-dealkylation sites (N-methyl/N-ethyl adjacent to an activating group) is 1. The predicted octanol–water partition coefficient (Wildman–Crippen LogP) is 5.33. The minimum atomic E-state index is -1.35. The maximum Gasteiger partial charge on any atom is 0.410 e. The van der Waals surface area contributed by atoms with Crippen molar-refractivity contribution in [2.45, 2.75) is 78.2 Å². The Hall–Kier alpha value is -4.30. The average molecular weight is 699 g/mol. The largest absolute Gasteiger partial charge is 0.436 e. The van der Waals surface area contributed by atoms with Gasteiger partial charge in [-0.3, -0.25) is 19.4 Å². The highest BCUT2D eigenvalue weighted by molar-refractivity contribution is 6.76. The molecule has 49 heavy (non-hydrogen) atoms. The first-order valence-corrected chi connectivity index (χ1v) is 20.2. The van der Waals surface area contributed by atoms with Gasteiger partial charge in [0, 0.05) is 60.1 Å². The molecule has 268 valence electrons. The molecular weight excluding hydrogens is 648 g/mol. The van der Waals surface area contributed by atoms with E-state index in [9.17, 15) is 19.2 Å². The minimum Gasteiger partial charge on any atom is -0.436 e. The van der Waals surface area contributed by atoms with Crippen LogP contribution in [0.3, 0.4) is 0 Å². The fourth-order valence-corrected chi connectivity index (χ4v) is 5.66. The summed E-state index contributed by atoms with van der Waals surface area (Å²) in [5.74, 6) is -1.09. The minimum absolute atomic E-state index is 0.0147. The van der Waals surface area contributed by atoms with Crippen LogP contribution in [0.4, 0.5) is 14.9 Å². The van der Waals surface area contributed by atoms with Gasteiger partial charge in [0.25, 0.3) is 11.5 Å². The molecule has 12 nitrogen and oxygen atoms in total. The SMILES string of the molecule is CC(C)Cc1ncc(F)c2cc(Cn3cccc(NC(=O)[C@H](CC/C=C/C(=O)N(C)C)OC(=O)N(C)C)c3=O)n(COCC[Si](C)(C)C)c12. The van der Waals surface area contributed by atoms with Gasteiger partial charge in [-0.05, 0) is 55.5 Å². The topological polar surface area (TPSA) is 128 Å². The second-order valence-electron chi connectivity index (χ2n) is 14.1. The molecule has 0 saturated carbocycles. The molecule has 0 aliphatic rings. The van der Waals surface area contributed by atoms with Crippen molar-refractivity contribution in [3.05, 3.63) is 70.3 Å². The van der Waals surface area contributed by atoms with Gasteiger partial charge in [-0.25, -0.2) is 9.18 Å². The number of allylic oxidation sites excluding steroid dienone is 1. The predicted molar refractivity (Wildman–Crippen MR) is 192 cm³/mol. The van der Waals surface area contributed by atoms with Crippen molar-refractivity contribution in [2.75, 3.05) is 40.1 Å². The molecule has 0 spiro atoms. The zero-order chi connectivity index (χ0) is 36.5. The molecule has 14 heteroatoms. The first-order valence-electron chi connectivity index (χ1n) is 16.5. The van der Waals surface area contributed by atoms with E-state index in [-0.39, 0.29) is 43.6 Å². The number of fused-ring (bicyclic) bond motifs is 1. The first kappa shape index (κ1) is 39.1. The highest BCUT2D eigenvalue weighted by Gasteiger charge is 2.25. The molecule has 0 saturated heterocycles. The number of carbonyl (C=O) groups excluding carboxylic acids is 3. The van der Waals surface area contributed by atoms with E-state index in [2.05, 4.69) is 43.8 Å². The molecule has 0 aliphatic carbocycles. The summed E-state index contributed by atoms with van der Waals surface area (Å²) in [6.07, 6.45) is 4.84. The van der Waals surface area contributed by atoms with E-state index in [0.717, 1.165) is 11.7 Å². The molecule has 1 atom stereocenters. The third kappa shape index (κ3) is 11.4. The van der Waals surface area contributed by atoms with Crippen molar-refractivity contribution in [3.63, 3.8) is 0 Å². The van der Waals surface area contributed by atoms with Crippen LogP contribution in [0.25, 0.3) is 10.9 Å². The van der Waals surface area contributed by atoms with Crippen molar-refractivity contribution in [2.24, 2.45) is 5.92 Å². The van der Waals surface area contributed by atoms with E-state index in [4.69, 9.17) is 9.47 Å². The molecule has 0 unspecified atom stereocenters. The summed E-state index contributed by atoms with van der Waals surface area (Å²) in [6, 6.07) is 5.78. The molecule has 0 fully saturated rings. The van der Waals surface area contributed by atoms with Crippen LogP contribution in [0.5, 0.6) is 0 Å². The van der Waals surface area contributed by atoms with Gasteiger partial charge >= 0.3 is 6.09 Å². The third-order valence-electron chi connectivity index (χ3n) is 7.67. The van der Waals surface area contributed by atoms with Crippen LogP contribution in [-0.4, -0.2) is 90.8 Å². The van der Waals surface area contributed by atoms with E-state index in [0.29, 0.717) is 29.6 Å². The molecule has 3 aromatic rings. The van der Waals surface area contributed by atoms with E-state index in [1.54, 1.807) is 38.5 Å². The van der Waals surface area contributed by atoms with E-state index in [1.807, 2.05) is 4.57 Å². The smallest absolute Gasteiger partial charge is 0.410 e. The number of halogens is 1. The van der Waals surface area contributed by atoms with Gasteiger partial charge in [0.15, 0.2) is 11.9 Å². The Bertz CT molecular complexity index is 1710. The summed E-state index contributed by atoms with van der Waals surface area (Å²) >= 11 is 0. The first-order chi connectivity index (χ1) is 23.0. The molecule has 0 aliphatic heterocycles. The Morgan fingerprint density at radius 2 is 1.84 bits per heavy atom. The Balaban J connectivity index is 1.93. The number of rotatable bonds is 16. The molecule has 3 amide bonds. The van der Waals surface area contributed by atoms with Crippen LogP contribution in [-0.2, 0) is 38.8 Å². The molecule has 0 bridgehead atoms. The Labute approximate surface area is 288 Å². The Kier molecular flexibility index (Phi) is 13.9. The molecule has 3 rings (SSSR count). The third-order valence-corrected chi connectivity index (χ3v) is 9.38. The number of carbonyl (C=O) groups is 3. The molecule has 0 aromatic carbocycles. The van der Waals surface area contributed by atoms with Crippen molar-refractivity contribution in [1.29, 1.82) is 0 Å². The lowest BCUT2D eigenvalue weighted by molar-refractivity contribution is -0.125. The maximum absolute atomic E-state index is 15.2. The standard InChI is InChI=1S/C35H51FN6O6Si/c1-24(2)19-29-32-26(27(36)21-37-29)20-25(42(32)23-47-17-18-49(7,8)9)22-41-16-12-13-28(34(41)45)38-33(44)30(48-35(46)40(5)6)14-10-11-15-31(43)39(3)4/h11-13,15-16,20-21,24,30H,10,14,17-19,22-23H2,1-9H3,(H,38,44)/b15-11+/t30-/m0/s1. The fourth-order valence-electron chi connectivity index (χ4n) is 4.90. The van der Waals surface area contributed by atoms with E-state index >= 15 is 4.39 Å². The maximum atomic E-state index is 15.2. The van der Waals surface area contributed by atoms with Crippen LogP contribution in [0.1, 0.15) is 38.1 Å². The molecule has 3 heterocycles. The second-order valence-corrected chi connectivity index (χ2v) is 19.8. The van der Waals surface area contributed by atoms with E-state index < -0.39 is 37.6 Å². The summed E-state index contributed by atoms with van der Waals surface area (Å²) in [5.41, 5.74) is 1.52. The number of nitrogens with zero attached hydrogens (tertiary/aromatic N) is 5. The number of anilines is 1. The Morgan fingerprint density at radius 3 is 2.47 bits per heavy atom. The molecular formula is C35H51FN6O6Si. The van der Waals surface area contributed by atoms with Gasteiger partial charge in [0.2, 0.25) is 5.91 Å². The summed E-state index contributed by atoms with van der Waals surface area (Å²) in [7, 11) is 4.88. The van der Waals surface area contributed by atoms with Crippen LogP contribution >= 0.6 is 0 Å². The fraction of sp³-hybridized carbons (Fsp3) is 0.514. The lowest BCUT2D eigenvalue weighted by Crippen LogP contribution is -2.37. The van der Waals surface area contributed by atoms with E-state index in [1.165, 1.54) is 46.8 Å². The van der Waals surface area contributed by atoms with Gasteiger partial charge in [-0.15, -0.1) is 0 Å². The van der Waals surface area contributed by atoms with Crippen molar-refractivity contribution >= 4 is 42.6 Å². The van der Waals surface area contributed by atoms with Crippen LogP contribution in [0, 0.1) is 11.7 Å². The van der Waals surface area contributed by atoms with Crippen molar-refractivity contribution < 1.29 is 28.2 Å². The zero-order valence-corrected chi connectivity index (χ0v) is 31.2. The highest BCUT2D eigenvalue weighted by atomic mass is 28.3. The lowest BCUT2D eigenvalue weighted by atomic mass is 10.1. The summed E-state index contributed by atoms with van der Waals surface area (Å²) in [4.78, 5) is 58.3. The number of pyridine rings is 2.